The van der Waals surface area contributed by atoms with Gasteiger partial charge >= 0.3 is 0 Å². The molecule has 2 rings (SSSR count). The van der Waals surface area contributed by atoms with Crippen LogP contribution < -0.4 is 0 Å². The molecule has 0 bridgehead atoms. The largest absolute Gasteiger partial charge is 0.392 e. The predicted octanol–water partition coefficient (Wildman–Crippen LogP) is 2.98. The maximum atomic E-state index is 13.3. The standard InChI is InChI=1S/C20H23FN2O2/c1-23(2)20(25)10-9-18(15-4-6-17(21)7-5-15)19-8-3-14(12-22)11-16(19)13-24/h3-8,11,18,20,24-25H,9-10,13H2,1-2H3/t18-,20-/m0/s1. The molecule has 0 aliphatic rings. The van der Waals surface area contributed by atoms with Gasteiger partial charge in [0.05, 0.1) is 18.2 Å². The van der Waals surface area contributed by atoms with Crippen LogP contribution in [0.1, 0.15) is 41.0 Å². The van der Waals surface area contributed by atoms with Crippen LogP contribution in [0.25, 0.3) is 0 Å². The molecule has 0 aliphatic carbocycles. The zero-order valence-electron chi connectivity index (χ0n) is 14.5. The maximum absolute atomic E-state index is 13.3. The van der Waals surface area contributed by atoms with Crippen molar-refractivity contribution in [2.24, 2.45) is 0 Å². The van der Waals surface area contributed by atoms with E-state index in [1.54, 1.807) is 43.3 Å². The molecule has 2 N–H and O–H groups in total. The summed E-state index contributed by atoms with van der Waals surface area (Å²) >= 11 is 0. The Labute approximate surface area is 147 Å². The summed E-state index contributed by atoms with van der Waals surface area (Å²) in [5.41, 5.74) is 2.96. The fraction of sp³-hybridized carbons (Fsp3) is 0.350. The van der Waals surface area contributed by atoms with Crippen LogP contribution in [0.5, 0.6) is 0 Å². The first-order chi connectivity index (χ1) is 12.0. The molecule has 0 amide bonds. The van der Waals surface area contributed by atoms with E-state index in [4.69, 9.17) is 5.26 Å². The lowest BCUT2D eigenvalue weighted by Gasteiger charge is -2.24. The highest BCUT2D eigenvalue weighted by Gasteiger charge is 2.20. The molecule has 0 heterocycles. The fourth-order valence-corrected chi connectivity index (χ4v) is 2.92. The van der Waals surface area contributed by atoms with Gasteiger partial charge in [-0.3, -0.25) is 4.90 Å². The summed E-state index contributed by atoms with van der Waals surface area (Å²) in [6.07, 6.45) is 0.572. The summed E-state index contributed by atoms with van der Waals surface area (Å²) in [5, 5.41) is 28.9. The second-order valence-corrected chi connectivity index (χ2v) is 6.31. The Bertz CT molecular complexity index is 738. The first-order valence-corrected chi connectivity index (χ1v) is 8.20. The molecule has 0 radical (unpaired) electrons. The molecule has 0 saturated carbocycles. The summed E-state index contributed by atoms with van der Waals surface area (Å²) in [7, 11) is 3.61. The van der Waals surface area contributed by atoms with E-state index in [2.05, 4.69) is 6.07 Å². The van der Waals surface area contributed by atoms with E-state index in [1.165, 1.54) is 12.1 Å². The fourth-order valence-electron chi connectivity index (χ4n) is 2.92. The minimum atomic E-state index is -0.584. The van der Waals surface area contributed by atoms with Crippen LogP contribution in [0.2, 0.25) is 0 Å². The number of rotatable bonds is 7. The molecule has 0 saturated heterocycles. The Hall–Kier alpha value is -2.26. The van der Waals surface area contributed by atoms with E-state index in [-0.39, 0.29) is 18.3 Å². The average Bonchev–Trinajstić information content (AvgIpc) is 2.62. The first kappa shape index (κ1) is 19.1. The molecule has 25 heavy (non-hydrogen) atoms. The molecule has 0 aliphatic heterocycles. The van der Waals surface area contributed by atoms with Crippen molar-refractivity contribution >= 4 is 0 Å². The monoisotopic (exact) mass is 342 g/mol. The van der Waals surface area contributed by atoms with Gasteiger partial charge in [-0.1, -0.05) is 18.2 Å². The van der Waals surface area contributed by atoms with Crippen LogP contribution >= 0.6 is 0 Å². The number of nitriles is 1. The normalized spacial score (nSPS) is 13.5. The molecule has 0 fully saturated rings. The van der Waals surface area contributed by atoms with Gasteiger partial charge in [0.2, 0.25) is 0 Å². The summed E-state index contributed by atoms with van der Waals surface area (Å²) in [6, 6.07) is 13.6. The van der Waals surface area contributed by atoms with Gasteiger partial charge in [0, 0.05) is 5.92 Å². The van der Waals surface area contributed by atoms with Crippen LogP contribution in [-0.4, -0.2) is 35.4 Å². The molecule has 0 aromatic heterocycles. The second kappa shape index (κ2) is 8.72. The summed E-state index contributed by atoms with van der Waals surface area (Å²) < 4.78 is 13.3. The second-order valence-electron chi connectivity index (χ2n) is 6.31. The summed E-state index contributed by atoms with van der Waals surface area (Å²) in [6.45, 7) is -0.182. The van der Waals surface area contributed by atoms with Crippen molar-refractivity contribution in [3.05, 3.63) is 70.5 Å². The Morgan fingerprint density at radius 3 is 2.36 bits per heavy atom. The smallest absolute Gasteiger partial charge is 0.123 e. The van der Waals surface area contributed by atoms with Gasteiger partial charge in [-0.25, -0.2) is 4.39 Å². The number of benzene rings is 2. The molecule has 5 heteroatoms. The maximum Gasteiger partial charge on any atom is 0.123 e. The molecular weight excluding hydrogens is 319 g/mol. The Balaban J connectivity index is 2.40. The van der Waals surface area contributed by atoms with Gasteiger partial charge in [0.1, 0.15) is 12.0 Å². The zero-order chi connectivity index (χ0) is 18.4. The van der Waals surface area contributed by atoms with Crippen LogP contribution in [0.3, 0.4) is 0 Å². The minimum absolute atomic E-state index is 0.106. The van der Waals surface area contributed by atoms with Crippen molar-refractivity contribution in [1.82, 2.24) is 4.90 Å². The molecule has 2 aromatic rings. The lowest BCUT2D eigenvalue weighted by molar-refractivity contribution is 0.0309. The quantitative estimate of drug-likeness (QED) is 0.759. The highest BCUT2D eigenvalue weighted by atomic mass is 19.1. The van der Waals surface area contributed by atoms with Crippen LogP contribution in [0.4, 0.5) is 4.39 Å². The van der Waals surface area contributed by atoms with Crippen molar-refractivity contribution in [2.45, 2.75) is 31.6 Å². The molecule has 0 spiro atoms. The van der Waals surface area contributed by atoms with E-state index in [0.29, 0.717) is 24.0 Å². The predicted molar refractivity (Wildman–Crippen MR) is 94.3 cm³/mol. The first-order valence-electron chi connectivity index (χ1n) is 8.20. The van der Waals surface area contributed by atoms with Crippen LogP contribution in [0, 0.1) is 17.1 Å². The van der Waals surface area contributed by atoms with E-state index < -0.39 is 6.23 Å². The topological polar surface area (TPSA) is 67.5 Å². The number of aliphatic hydroxyl groups is 2. The van der Waals surface area contributed by atoms with Crippen molar-refractivity contribution in [3.8, 4) is 6.07 Å². The number of hydrogen-bond donors (Lipinski definition) is 2. The van der Waals surface area contributed by atoms with Gasteiger partial charge in [0.25, 0.3) is 0 Å². The summed E-state index contributed by atoms with van der Waals surface area (Å²) in [5.74, 6) is -0.414. The van der Waals surface area contributed by atoms with Gasteiger partial charge in [-0.2, -0.15) is 5.26 Å². The molecule has 0 unspecified atom stereocenters. The lowest BCUT2D eigenvalue weighted by atomic mass is 9.84. The highest BCUT2D eigenvalue weighted by Crippen LogP contribution is 2.33. The number of hydrogen-bond acceptors (Lipinski definition) is 4. The molecule has 2 aromatic carbocycles. The third-order valence-electron chi connectivity index (χ3n) is 4.40. The Kier molecular flexibility index (Phi) is 6.65. The lowest BCUT2D eigenvalue weighted by Crippen LogP contribution is -2.27. The molecule has 2 atom stereocenters. The Morgan fingerprint density at radius 2 is 1.80 bits per heavy atom. The van der Waals surface area contributed by atoms with Crippen molar-refractivity contribution in [1.29, 1.82) is 5.26 Å². The SMILES string of the molecule is CN(C)[C@@H](O)CC[C@@H](c1ccc(F)cc1)c1ccc(C#N)cc1CO. The van der Waals surface area contributed by atoms with E-state index in [0.717, 1.165) is 11.1 Å². The molecule has 4 nitrogen and oxygen atoms in total. The number of nitrogens with zero attached hydrogens (tertiary/aromatic N) is 2. The number of aliphatic hydroxyl groups excluding tert-OH is 2. The van der Waals surface area contributed by atoms with Crippen molar-refractivity contribution in [3.63, 3.8) is 0 Å². The van der Waals surface area contributed by atoms with Gasteiger partial charge in [-0.15, -0.1) is 0 Å². The van der Waals surface area contributed by atoms with Gasteiger partial charge in [-0.05, 0) is 67.9 Å². The molecule has 132 valence electrons. The van der Waals surface area contributed by atoms with Crippen LogP contribution in [-0.2, 0) is 6.61 Å². The highest BCUT2D eigenvalue weighted by molar-refractivity contribution is 5.43. The Morgan fingerprint density at radius 1 is 1.12 bits per heavy atom. The van der Waals surface area contributed by atoms with E-state index in [1.807, 2.05) is 6.07 Å². The van der Waals surface area contributed by atoms with Crippen molar-refractivity contribution < 1.29 is 14.6 Å². The van der Waals surface area contributed by atoms with Gasteiger partial charge in [0.15, 0.2) is 0 Å². The number of halogens is 1. The van der Waals surface area contributed by atoms with E-state index in [9.17, 15) is 14.6 Å². The van der Waals surface area contributed by atoms with Gasteiger partial charge < -0.3 is 10.2 Å². The van der Waals surface area contributed by atoms with Crippen molar-refractivity contribution in [2.75, 3.05) is 14.1 Å². The average molecular weight is 342 g/mol. The zero-order valence-corrected chi connectivity index (χ0v) is 14.5. The molecular formula is C20H23FN2O2. The van der Waals surface area contributed by atoms with E-state index >= 15 is 0 Å². The van der Waals surface area contributed by atoms with Crippen LogP contribution in [0.15, 0.2) is 42.5 Å². The third kappa shape index (κ3) is 4.86. The summed E-state index contributed by atoms with van der Waals surface area (Å²) in [4.78, 5) is 1.73. The third-order valence-corrected chi connectivity index (χ3v) is 4.40. The minimum Gasteiger partial charge on any atom is -0.392 e.